The fourth-order valence-electron chi connectivity index (χ4n) is 3.75. The first-order valence-corrected chi connectivity index (χ1v) is 5.12. The van der Waals surface area contributed by atoms with Crippen molar-refractivity contribution in [1.82, 2.24) is 5.32 Å². The van der Waals surface area contributed by atoms with E-state index in [1.807, 2.05) is 0 Å². The third-order valence-electron chi connectivity index (χ3n) is 4.53. The van der Waals surface area contributed by atoms with E-state index in [0.29, 0.717) is 0 Å². The summed E-state index contributed by atoms with van der Waals surface area (Å²) in [5.41, 5.74) is 0.818. The zero-order chi connectivity index (χ0) is 7.31. The Morgan fingerprint density at radius 3 is 2.73 bits per heavy atom. The van der Waals surface area contributed by atoms with Gasteiger partial charge in [0.1, 0.15) is 0 Å². The minimum absolute atomic E-state index is 0.818. The van der Waals surface area contributed by atoms with Crippen LogP contribution in [0.1, 0.15) is 32.1 Å². The predicted octanol–water partition coefficient (Wildman–Crippen LogP) is 1.79. The number of hydrogen-bond acceptors (Lipinski definition) is 1. The van der Waals surface area contributed by atoms with E-state index in [-0.39, 0.29) is 0 Å². The number of nitrogens with one attached hydrogen (secondary N) is 1. The van der Waals surface area contributed by atoms with Crippen LogP contribution in [0.4, 0.5) is 0 Å². The second-order valence-corrected chi connectivity index (χ2v) is 4.73. The van der Waals surface area contributed by atoms with E-state index in [4.69, 9.17) is 0 Å². The van der Waals surface area contributed by atoms with Gasteiger partial charge in [-0.15, -0.1) is 0 Å². The van der Waals surface area contributed by atoms with Crippen LogP contribution in [0.2, 0.25) is 0 Å². The van der Waals surface area contributed by atoms with Gasteiger partial charge in [0, 0.05) is 6.54 Å². The van der Waals surface area contributed by atoms with Crippen molar-refractivity contribution in [1.29, 1.82) is 0 Å². The van der Waals surface area contributed by atoms with E-state index in [0.717, 1.165) is 17.3 Å². The Bertz CT molecular complexity index is 178. The lowest BCUT2D eigenvalue weighted by atomic mass is 9.50. The van der Waals surface area contributed by atoms with Crippen molar-refractivity contribution in [2.75, 3.05) is 13.1 Å². The summed E-state index contributed by atoms with van der Waals surface area (Å²) >= 11 is 0. The van der Waals surface area contributed by atoms with Gasteiger partial charge in [0.2, 0.25) is 0 Å². The molecule has 1 saturated heterocycles. The lowest BCUT2D eigenvalue weighted by molar-refractivity contribution is -0.0321. The van der Waals surface area contributed by atoms with Gasteiger partial charge in [0.15, 0.2) is 0 Å². The van der Waals surface area contributed by atoms with Crippen molar-refractivity contribution in [2.45, 2.75) is 32.1 Å². The Morgan fingerprint density at radius 2 is 2.00 bits per heavy atom. The van der Waals surface area contributed by atoms with Gasteiger partial charge in [0.25, 0.3) is 0 Å². The molecule has 1 spiro atoms. The van der Waals surface area contributed by atoms with E-state index < -0.39 is 0 Å². The van der Waals surface area contributed by atoms with Gasteiger partial charge in [-0.1, -0.05) is 6.42 Å². The van der Waals surface area contributed by atoms with E-state index in [1.54, 1.807) is 0 Å². The lowest BCUT2D eigenvalue weighted by Crippen LogP contribution is -2.48. The zero-order valence-corrected chi connectivity index (χ0v) is 7.10. The fraction of sp³-hybridized carbons (Fsp3) is 1.00. The third kappa shape index (κ3) is 0.658. The normalized spacial score (nSPS) is 54.5. The highest BCUT2D eigenvalue weighted by Gasteiger charge is 2.55. The minimum atomic E-state index is 0.818. The molecule has 1 nitrogen and oxygen atoms in total. The van der Waals surface area contributed by atoms with Gasteiger partial charge < -0.3 is 5.32 Å². The third-order valence-corrected chi connectivity index (χ3v) is 4.53. The summed E-state index contributed by atoms with van der Waals surface area (Å²) in [6.07, 6.45) is 7.65. The smallest absolute Gasteiger partial charge is 0.00137 e. The lowest BCUT2D eigenvalue weighted by Gasteiger charge is -2.54. The summed E-state index contributed by atoms with van der Waals surface area (Å²) in [6, 6.07) is 0. The van der Waals surface area contributed by atoms with Crippen molar-refractivity contribution in [3.63, 3.8) is 0 Å². The summed E-state index contributed by atoms with van der Waals surface area (Å²) in [6.45, 7) is 2.68. The maximum absolute atomic E-state index is 3.59. The molecule has 2 aliphatic carbocycles. The quantitative estimate of drug-likeness (QED) is 0.556. The van der Waals surface area contributed by atoms with Crippen LogP contribution in [0.5, 0.6) is 0 Å². The van der Waals surface area contributed by atoms with Crippen molar-refractivity contribution in [3.05, 3.63) is 0 Å². The monoisotopic (exact) mass is 151 g/mol. The standard InChI is InChI=1S/C10H17N/c1-2-8-4-5-10(8)7-11-6-9(10)3-1/h8-9,11H,1-7H2. The molecule has 0 aromatic rings. The Hall–Kier alpha value is -0.0400. The molecule has 0 bridgehead atoms. The van der Waals surface area contributed by atoms with Crippen LogP contribution in [-0.4, -0.2) is 13.1 Å². The summed E-state index contributed by atoms with van der Waals surface area (Å²) < 4.78 is 0. The average molecular weight is 151 g/mol. The van der Waals surface area contributed by atoms with Crippen LogP contribution in [-0.2, 0) is 0 Å². The van der Waals surface area contributed by atoms with Crippen molar-refractivity contribution in [2.24, 2.45) is 17.3 Å². The van der Waals surface area contributed by atoms with Gasteiger partial charge in [-0.25, -0.2) is 0 Å². The second kappa shape index (κ2) is 2.01. The molecular formula is C10H17N. The average Bonchev–Trinajstić information content (AvgIpc) is 2.40. The van der Waals surface area contributed by atoms with Crippen LogP contribution in [0, 0.1) is 17.3 Å². The number of rotatable bonds is 0. The zero-order valence-electron chi connectivity index (χ0n) is 7.10. The summed E-state index contributed by atoms with van der Waals surface area (Å²) in [7, 11) is 0. The number of hydrogen-bond donors (Lipinski definition) is 1. The predicted molar refractivity (Wildman–Crippen MR) is 45.4 cm³/mol. The van der Waals surface area contributed by atoms with Crippen LogP contribution < -0.4 is 5.32 Å². The first-order chi connectivity index (χ1) is 5.42. The second-order valence-electron chi connectivity index (χ2n) is 4.73. The molecule has 3 rings (SSSR count). The Morgan fingerprint density at radius 1 is 1.09 bits per heavy atom. The minimum Gasteiger partial charge on any atom is -0.316 e. The first-order valence-electron chi connectivity index (χ1n) is 5.12. The van der Waals surface area contributed by atoms with E-state index in [2.05, 4.69) is 5.32 Å². The van der Waals surface area contributed by atoms with Crippen molar-refractivity contribution >= 4 is 0 Å². The Kier molecular flexibility index (Phi) is 1.18. The highest BCUT2D eigenvalue weighted by molar-refractivity contribution is 5.07. The molecule has 0 radical (unpaired) electrons. The van der Waals surface area contributed by atoms with Gasteiger partial charge >= 0.3 is 0 Å². The molecule has 1 heterocycles. The summed E-state index contributed by atoms with van der Waals surface area (Å²) in [5.74, 6) is 2.19. The van der Waals surface area contributed by atoms with Crippen molar-refractivity contribution in [3.8, 4) is 0 Å². The SMILES string of the molecule is C1CC2CCC23CNCC3C1. The molecule has 62 valence electrons. The van der Waals surface area contributed by atoms with Crippen molar-refractivity contribution < 1.29 is 0 Å². The van der Waals surface area contributed by atoms with Crippen LogP contribution >= 0.6 is 0 Å². The molecule has 0 aromatic heterocycles. The van der Waals surface area contributed by atoms with E-state index in [9.17, 15) is 0 Å². The molecular weight excluding hydrogens is 134 g/mol. The topological polar surface area (TPSA) is 12.0 Å². The Labute approximate surface area is 68.6 Å². The summed E-state index contributed by atoms with van der Waals surface area (Å²) in [4.78, 5) is 0. The molecule has 3 atom stereocenters. The maximum atomic E-state index is 3.59. The van der Waals surface area contributed by atoms with Crippen LogP contribution in [0.25, 0.3) is 0 Å². The molecule has 1 heteroatoms. The molecule has 2 saturated carbocycles. The largest absolute Gasteiger partial charge is 0.316 e. The molecule has 3 unspecified atom stereocenters. The molecule has 1 aliphatic heterocycles. The summed E-state index contributed by atoms with van der Waals surface area (Å²) in [5, 5.41) is 3.59. The molecule has 0 aromatic carbocycles. The fourth-order valence-corrected chi connectivity index (χ4v) is 3.75. The molecule has 11 heavy (non-hydrogen) atoms. The molecule has 3 fully saturated rings. The molecule has 1 N–H and O–H groups in total. The first kappa shape index (κ1) is 6.47. The van der Waals surface area contributed by atoms with E-state index >= 15 is 0 Å². The Balaban J connectivity index is 1.90. The molecule has 0 amide bonds. The van der Waals surface area contributed by atoms with Gasteiger partial charge in [-0.3, -0.25) is 0 Å². The maximum Gasteiger partial charge on any atom is 0.00137 e. The van der Waals surface area contributed by atoms with Gasteiger partial charge in [0.05, 0.1) is 0 Å². The highest BCUT2D eigenvalue weighted by atomic mass is 15.0. The van der Waals surface area contributed by atoms with Crippen LogP contribution in [0.3, 0.4) is 0 Å². The van der Waals surface area contributed by atoms with Crippen LogP contribution in [0.15, 0.2) is 0 Å². The molecule has 3 aliphatic rings. The van der Waals surface area contributed by atoms with Gasteiger partial charge in [-0.05, 0) is 49.5 Å². The highest BCUT2D eigenvalue weighted by Crippen LogP contribution is 2.59. The van der Waals surface area contributed by atoms with Gasteiger partial charge in [-0.2, -0.15) is 0 Å². The van der Waals surface area contributed by atoms with E-state index in [1.165, 1.54) is 45.2 Å².